The summed E-state index contributed by atoms with van der Waals surface area (Å²) in [4.78, 5) is 0. The molecule has 0 amide bonds. The maximum absolute atomic E-state index is 5.59. The van der Waals surface area contributed by atoms with Crippen LogP contribution in [0, 0.1) is 10.7 Å². The first kappa shape index (κ1) is 11.4. The molecular formula is C12H19N3OS. The van der Waals surface area contributed by atoms with E-state index in [4.69, 9.17) is 17.0 Å². The highest BCUT2D eigenvalue weighted by Gasteiger charge is 2.33. The Bertz CT molecular complexity index is 443. The zero-order valence-corrected chi connectivity index (χ0v) is 11.0. The number of aromatic nitrogens is 3. The van der Waals surface area contributed by atoms with Crippen molar-refractivity contribution in [1.82, 2.24) is 14.8 Å². The number of H-pyrrole nitrogens is 1. The number of nitrogens with one attached hydrogen (secondary N) is 1. The van der Waals surface area contributed by atoms with Gasteiger partial charge >= 0.3 is 0 Å². The summed E-state index contributed by atoms with van der Waals surface area (Å²) in [7, 11) is 0. The Kier molecular flexibility index (Phi) is 3.04. The lowest BCUT2D eigenvalue weighted by Crippen LogP contribution is -2.33. The van der Waals surface area contributed by atoms with Gasteiger partial charge in [0, 0.05) is 19.1 Å². The van der Waals surface area contributed by atoms with Crippen molar-refractivity contribution in [2.75, 3.05) is 6.61 Å². The van der Waals surface area contributed by atoms with E-state index in [0.717, 1.165) is 29.5 Å². The van der Waals surface area contributed by atoms with E-state index in [9.17, 15) is 0 Å². The van der Waals surface area contributed by atoms with Crippen molar-refractivity contribution in [3.63, 3.8) is 0 Å². The van der Waals surface area contributed by atoms with Crippen molar-refractivity contribution in [1.29, 1.82) is 0 Å². The molecule has 2 aliphatic carbocycles. The number of nitrogens with zero attached hydrogens (tertiary/aromatic N) is 2. The average molecular weight is 253 g/mol. The molecule has 5 heteroatoms. The number of ether oxygens (including phenoxy) is 1. The second kappa shape index (κ2) is 4.53. The number of rotatable bonds is 5. The van der Waals surface area contributed by atoms with Gasteiger partial charge in [0.25, 0.3) is 0 Å². The second-order valence-corrected chi connectivity index (χ2v) is 5.55. The zero-order chi connectivity index (χ0) is 11.8. The third-order valence-corrected chi connectivity index (χ3v) is 4.04. The van der Waals surface area contributed by atoms with E-state index in [-0.39, 0.29) is 0 Å². The Morgan fingerprint density at radius 3 is 2.88 bits per heavy atom. The standard InChI is InChI=1S/C12H19N3OS/c1-2-16-10-5-8(6-10)7-11-13-14-12(17)15(11)9-3-4-9/h8-10H,2-7H2,1H3,(H,14,17). The van der Waals surface area contributed by atoms with Crippen LogP contribution in [0.3, 0.4) is 0 Å². The molecule has 0 bridgehead atoms. The lowest BCUT2D eigenvalue weighted by molar-refractivity contribution is -0.0247. The number of hydrogen-bond donors (Lipinski definition) is 1. The molecule has 2 fully saturated rings. The summed E-state index contributed by atoms with van der Waals surface area (Å²) in [5, 5.41) is 7.31. The fourth-order valence-corrected chi connectivity index (χ4v) is 2.96. The van der Waals surface area contributed by atoms with Crippen LogP contribution in [-0.2, 0) is 11.2 Å². The number of hydrogen-bond acceptors (Lipinski definition) is 3. The monoisotopic (exact) mass is 253 g/mol. The largest absolute Gasteiger partial charge is 0.378 e. The third kappa shape index (κ3) is 2.31. The van der Waals surface area contributed by atoms with E-state index in [1.165, 1.54) is 25.7 Å². The van der Waals surface area contributed by atoms with E-state index >= 15 is 0 Å². The minimum atomic E-state index is 0.487. The van der Waals surface area contributed by atoms with Crippen LogP contribution in [-0.4, -0.2) is 27.5 Å². The summed E-state index contributed by atoms with van der Waals surface area (Å²) in [6.45, 7) is 2.89. The summed E-state index contributed by atoms with van der Waals surface area (Å²) < 4.78 is 8.61. The molecule has 1 aromatic heterocycles. The molecule has 0 aliphatic heterocycles. The van der Waals surface area contributed by atoms with Crippen LogP contribution in [0.1, 0.15) is 44.5 Å². The Labute approximate surface area is 106 Å². The minimum absolute atomic E-state index is 0.487. The van der Waals surface area contributed by atoms with Gasteiger partial charge in [-0.05, 0) is 50.7 Å². The SMILES string of the molecule is CCOC1CC(Cc2n[nH]c(=S)n2C2CC2)C1. The molecule has 4 nitrogen and oxygen atoms in total. The van der Waals surface area contributed by atoms with Crippen molar-refractivity contribution in [2.45, 2.75) is 51.2 Å². The van der Waals surface area contributed by atoms with Crippen LogP contribution in [0.5, 0.6) is 0 Å². The molecule has 2 aliphatic rings. The molecule has 0 unspecified atom stereocenters. The molecule has 2 saturated carbocycles. The van der Waals surface area contributed by atoms with E-state index in [1.807, 2.05) is 0 Å². The molecule has 94 valence electrons. The summed E-state index contributed by atoms with van der Waals surface area (Å²) in [5.74, 6) is 1.88. The Balaban J connectivity index is 1.61. The molecule has 3 rings (SSSR count). The van der Waals surface area contributed by atoms with Crippen LogP contribution in [0.2, 0.25) is 0 Å². The molecule has 0 radical (unpaired) electrons. The summed E-state index contributed by atoms with van der Waals surface area (Å²) in [6.07, 6.45) is 6.41. The van der Waals surface area contributed by atoms with Gasteiger partial charge in [-0.3, -0.25) is 5.10 Å². The first-order valence-electron chi connectivity index (χ1n) is 6.55. The first-order valence-corrected chi connectivity index (χ1v) is 6.96. The predicted octanol–water partition coefficient (Wildman–Crippen LogP) is 2.63. The van der Waals surface area contributed by atoms with Crippen LogP contribution in [0.25, 0.3) is 0 Å². The van der Waals surface area contributed by atoms with Crippen LogP contribution in [0.4, 0.5) is 0 Å². The van der Waals surface area contributed by atoms with Crippen molar-refractivity contribution in [3.8, 4) is 0 Å². The molecule has 0 atom stereocenters. The molecule has 0 aromatic carbocycles. The predicted molar refractivity (Wildman–Crippen MR) is 67.5 cm³/mol. The fraction of sp³-hybridized carbons (Fsp3) is 0.833. The highest BCUT2D eigenvalue weighted by Crippen LogP contribution is 2.38. The molecule has 17 heavy (non-hydrogen) atoms. The van der Waals surface area contributed by atoms with Gasteiger partial charge < -0.3 is 9.30 Å². The Morgan fingerprint density at radius 2 is 2.24 bits per heavy atom. The fourth-order valence-electron chi connectivity index (χ4n) is 2.66. The van der Waals surface area contributed by atoms with Gasteiger partial charge in [-0.15, -0.1) is 0 Å². The van der Waals surface area contributed by atoms with Crippen molar-refractivity contribution in [2.24, 2.45) is 5.92 Å². The lowest BCUT2D eigenvalue weighted by atomic mass is 9.80. The molecule has 1 aromatic rings. The van der Waals surface area contributed by atoms with E-state index in [0.29, 0.717) is 12.1 Å². The molecule has 0 saturated heterocycles. The van der Waals surface area contributed by atoms with E-state index < -0.39 is 0 Å². The molecule has 1 N–H and O–H groups in total. The van der Waals surface area contributed by atoms with Gasteiger partial charge in [0.15, 0.2) is 4.77 Å². The smallest absolute Gasteiger partial charge is 0.195 e. The zero-order valence-electron chi connectivity index (χ0n) is 10.2. The van der Waals surface area contributed by atoms with Crippen molar-refractivity contribution in [3.05, 3.63) is 10.6 Å². The first-order chi connectivity index (χ1) is 8.28. The third-order valence-electron chi connectivity index (χ3n) is 3.76. The van der Waals surface area contributed by atoms with Crippen molar-refractivity contribution < 1.29 is 4.74 Å². The van der Waals surface area contributed by atoms with Gasteiger partial charge in [0.05, 0.1) is 6.10 Å². The van der Waals surface area contributed by atoms with Gasteiger partial charge in [-0.2, -0.15) is 5.10 Å². The summed E-state index contributed by atoms with van der Waals surface area (Å²) >= 11 is 5.28. The van der Waals surface area contributed by atoms with Gasteiger partial charge in [0.2, 0.25) is 0 Å². The van der Waals surface area contributed by atoms with Crippen molar-refractivity contribution >= 4 is 12.2 Å². The maximum Gasteiger partial charge on any atom is 0.195 e. The second-order valence-electron chi connectivity index (χ2n) is 5.17. The molecular weight excluding hydrogens is 234 g/mol. The molecule has 1 heterocycles. The lowest BCUT2D eigenvalue weighted by Gasteiger charge is -2.34. The normalized spacial score (nSPS) is 28.1. The minimum Gasteiger partial charge on any atom is -0.378 e. The van der Waals surface area contributed by atoms with Crippen LogP contribution < -0.4 is 0 Å². The Morgan fingerprint density at radius 1 is 1.47 bits per heavy atom. The Hall–Kier alpha value is -0.680. The highest BCUT2D eigenvalue weighted by molar-refractivity contribution is 7.71. The maximum atomic E-state index is 5.59. The van der Waals surface area contributed by atoms with Crippen LogP contribution in [0.15, 0.2) is 0 Å². The van der Waals surface area contributed by atoms with E-state index in [2.05, 4.69) is 21.7 Å². The number of aromatic amines is 1. The van der Waals surface area contributed by atoms with Gasteiger partial charge in [-0.1, -0.05) is 0 Å². The average Bonchev–Trinajstić information content (AvgIpc) is 3.02. The molecule has 0 spiro atoms. The van der Waals surface area contributed by atoms with E-state index in [1.54, 1.807) is 0 Å². The quantitative estimate of drug-likeness (QED) is 0.820. The topological polar surface area (TPSA) is 42.8 Å². The summed E-state index contributed by atoms with van der Waals surface area (Å²) in [5.41, 5.74) is 0. The summed E-state index contributed by atoms with van der Waals surface area (Å²) in [6, 6.07) is 0.624. The highest BCUT2D eigenvalue weighted by atomic mass is 32.1. The van der Waals surface area contributed by atoms with Crippen LogP contribution >= 0.6 is 12.2 Å². The van der Waals surface area contributed by atoms with Gasteiger partial charge in [0.1, 0.15) is 5.82 Å². The van der Waals surface area contributed by atoms with Gasteiger partial charge in [-0.25, -0.2) is 0 Å².